The third kappa shape index (κ3) is 4.03. The van der Waals surface area contributed by atoms with Gasteiger partial charge in [-0.25, -0.2) is 0 Å². The molecule has 2 heterocycles. The lowest BCUT2D eigenvalue weighted by atomic mass is 10.1. The number of phenols is 1. The maximum atomic E-state index is 10.8. The van der Waals surface area contributed by atoms with Crippen molar-refractivity contribution in [1.29, 1.82) is 0 Å². The molecule has 0 saturated carbocycles. The third-order valence-electron chi connectivity index (χ3n) is 4.98. The summed E-state index contributed by atoms with van der Waals surface area (Å²) in [7, 11) is 0. The lowest BCUT2D eigenvalue weighted by molar-refractivity contribution is -0.949. The van der Waals surface area contributed by atoms with Gasteiger partial charge in [0.1, 0.15) is 12.3 Å². The van der Waals surface area contributed by atoms with Crippen molar-refractivity contribution in [3.05, 3.63) is 58.0 Å². The first-order valence-electron chi connectivity index (χ1n) is 9.44. The molecule has 1 unspecified atom stereocenters. The fraction of sp³-hybridized carbons (Fsp3) is 0.300. The number of aromatic hydroxyl groups is 1. The van der Waals surface area contributed by atoms with E-state index in [1.165, 1.54) is 12.1 Å². The topological polar surface area (TPSA) is 125 Å². The van der Waals surface area contributed by atoms with Gasteiger partial charge in [0.25, 0.3) is 11.6 Å². The molecule has 0 spiro atoms. The summed E-state index contributed by atoms with van der Waals surface area (Å²) in [6.07, 6.45) is 0. The van der Waals surface area contributed by atoms with E-state index in [4.69, 9.17) is 13.9 Å². The Kier molecular flexibility index (Phi) is 5.23. The summed E-state index contributed by atoms with van der Waals surface area (Å²) >= 11 is 0. The molecule has 10 nitrogen and oxygen atoms in total. The van der Waals surface area contributed by atoms with Crippen molar-refractivity contribution in [3.63, 3.8) is 0 Å². The van der Waals surface area contributed by atoms with Gasteiger partial charge in [-0.05, 0) is 32.0 Å². The van der Waals surface area contributed by atoms with Crippen LogP contribution in [0, 0.1) is 10.1 Å². The van der Waals surface area contributed by atoms with Gasteiger partial charge in [0.2, 0.25) is 12.7 Å². The van der Waals surface area contributed by atoms with Gasteiger partial charge in [-0.1, -0.05) is 0 Å². The number of benzene rings is 2. The average molecular weight is 413 g/mol. The molecule has 0 amide bonds. The number of non-ortho nitro benzene ring substituents is 1. The molecule has 1 aliphatic rings. The molecule has 1 aliphatic heterocycles. The van der Waals surface area contributed by atoms with Gasteiger partial charge in [-0.2, -0.15) is 0 Å². The number of nitro groups is 1. The van der Waals surface area contributed by atoms with Crippen molar-refractivity contribution in [2.75, 3.05) is 6.79 Å². The fourth-order valence-electron chi connectivity index (χ4n) is 3.19. The van der Waals surface area contributed by atoms with Crippen LogP contribution in [-0.4, -0.2) is 33.1 Å². The first kappa shape index (κ1) is 19.6. The second-order valence-corrected chi connectivity index (χ2v) is 7.31. The normalized spacial score (nSPS) is 13.6. The highest BCUT2D eigenvalue weighted by Gasteiger charge is 2.23. The number of quaternary nitrogens is 1. The Morgan fingerprint density at radius 1 is 1.13 bits per heavy atom. The van der Waals surface area contributed by atoms with Crippen molar-refractivity contribution in [2.45, 2.75) is 33.0 Å². The summed E-state index contributed by atoms with van der Waals surface area (Å²) in [5.74, 6) is 2.03. The van der Waals surface area contributed by atoms with Gasteiger partial charge in [-0.15, -0.1) is 10.2 Å². The van der Waals surface area contributed by atoms with E-state index < -0.39 is 4.92 Å². The first-order chi connectivity index (χ1) is 14.4. The SMILES string of the molecule is CC(C)[NH+](Cc1nnc(-c2ccc([N+](=O)[O-])cc2)o1)Cc1cc2c(cc1O)OCO2. The molecule has 0 fully saturated rings. The van der Waals surface area contributed by atoms with Crippen LogP contribution in [0.2, 0.25) is 0 Å². The molecular weight excluding hydrogens is 392 g/mol. The van der Waals surface area contributed by atoms with E-state index in [0.29, 0.717) is 41.9 Å². The number of ether oxygens (including phenoxy) is 2. The van der Waals surface area contributed by atoms with Crippen molar-refractivity contribution < 1.29 is 28.8 Å². The van der Waals surface area contributed by atoms with Gasteiger partial charge >= 0.3 is 0 Å². The van der Waals surface area contributed by atoms with E-state index in [1.54, 1.807) is 24.3 Å². The number of rotatable bonds is 7. The molecule has 0 aliphatic carbocycles. The Hall–Kier alpha value is -3.66. The highest BCUT2D eigenvalue weighted by atomic mass is 16.7. The number of nitrogens with zero attached hydrogens (tertiary/aromatic N) is 3. The molecule has 30 heavy (non-hydrogen) atoms. The van der Waals surface area contributed by atoms with Crippen LogP contribution >= 0.6 is 0 Å². The Morgan fingerprint density at radius 3 is 2.50 bits per heavy atom. The predicted molar refractivity (Wildman–Crippen MR) is 104 cm³/mol. The molecule has 2 N–H and O–H groups in total. The zero-order chi connectivity index (χ0) is 21.3. The van der Waals surface area contributed by atoms with E-state index in [1.807, 2.05) is 0 Å². The molecular formula is C20H21N4O6+. The molecule has 1 aromatic heterocycles. The summed E-state index contributed by atoms with van der Waals surface area (Å²) in [5, 5.41) is 29.3. The summed E-state index contributed by atoms with van der Waals surface area (Å²) < 4.78 is 16.5. The molecule has 10 heteroatoms. The number of nitrogens with one attached hydrogen (secondary N) is 1. The van der Waals surface area contributed by atoms with Crippen LogP contribution in [-0.2, 0) is 13.1 Å². The van der Waals surface area contributed by atoms with Gasteiger partial charge in [0.05, 0.1) is 16.5 Å². The summed E-state index contributed by atoms with van der Waals surface area (Å²) in [4.78, 5) is 11.4. The van der Waals surface area contributed by atoms with Gasteiger partial charge < -0.3 is 23.9 Å². The minimum Gasteiger partial charge on any atom is -0.507 e. The molecule has 0 radical (unpaired) electrons. The Morgan fingerprint density at radius 2 is 1.83 bits per heavy atom. The summed E-state index contributed by atoms with van der Waals surface area (Å²) in [6, 6.07) is 9.51. The van der Waals surface area contributed by atoms with Crippen LogP contribution in [0.4, 0.5) is 5.69 Å². The van der Waals surface area contributed by atoms with Crippen molar-refractivity contribution >= 4 is 5.69 Å². The highest BCUT2D eigenvalue weighted by molar-refractivity contribution is 5.55. The van der Waals surface area contributed by atoms with Crippen LogP contribution in [0.3, 0.4) is 0 Å². The van der Waals surface area contributed by atoms with Gasteiger partial charge in [0, 0.05) is 23.8 Å². The average Bonchev–Trinajstić information content (AvgIpc) is 3.36. The van der Waals surface area contributed by atoms with Crippen LogP contribution in [0.1, 0.15) is 25.3 Å². The van der Waals surface area contributed by atoms with Crippen LogP contribution < -0.4 is 14.4 Å². The maximum absolute atomic E-state index is 10.8. The monoisotopic (exact) mass is 413 g/mol. The zero-order valence-electron chi connectivity index (χ0n) is 16.5. The van der Waals surface area contributed by atoms with Crippen LogP contribution in [0.5, 0.6) is 17.2 Å². The lowest BCUT2D eigenvalue weighted by Gasteiger charge is -2.22. The van der Waals surface area contributed by atoms with Gasteiger partial charge in [-0.3, -0.25) is 10.1 Å². The number of phenolic OH excluding ortho intramolecular Hbond substituents is 1. The highest BCUT2D eigenvalue weighted by Crippen LogP contribution is 2.37. The Labute approximate surface area is 171 Å². The molecule has 2 aromatic carbocycles. The third-order valence-corrected chi connectivity index (χ3v) is 4.98. The quantitative estimate of drug-likeness (QED) is 0.445. The molecule has 1 atom stereocenters. The van der Waals surface area contributed by atoms with E-state index in [0.717, 1.165) is 10.5 Å². The minimum absolute atomic E-state index is 0.00236. The Bertz CT molecular complexity index is 1060. The Balaban J connectivity index is 1.50. The molecule has 3 aromatic rings. The minimum atomic E-state index is -0.460. The second-order valence-electron chi connectivity index (χ2n) is 7.31. The van der Waals surface area contributed by atoms with Crippen molar-refractivity contribution in [1.82, 2.24) is 10.2 Å². The maximum Gasteiger partial charge on any atom is 0.271 e. The van der Waals surface area contributed by atoms with Gasteiger partial charge in [0.15, 0.2) is 18.0 Å². The van der Waals surface area contributed by atoms with Crippen LogP contribution in [0.25, 0.3) is 11.5 Å². The standard InChI is InChI=1S/C20H20N4O6/c1-12(2)23(9-14-7-17-18(8-16(14)25)29-11-28-17)10-19-21-22-20(30-19)13-3-5-15(6-4-13)24(26)27/h3-8,12,25H,9-11H2,1-2H3/p+1. The number of hydrogen-bond donors (Lipinski definition) is 2. The smallest absolute Gasteiger partial charge is 0.271 e. The van der Waals surface area contributed by atoms with Crippen LogP contribution in [0.15, 0.2) is 40.8 Å². The molecule has 0 bridgehead atoms. The fourth-order valence-corrected chi connectivity index (χ4v) is 3.19. The lowest BCUT2D eigenvalue weighted by Crippen LogP contribution is -3.12. The molecule has 0 saturated heterocycles. The zero-order valence-corrected chi connectivity index (χ0v) is 16.5. The number of nitro benzene ring substituents is 1. The number of aromatic nitrogens is 2. The van der Waals surface area contributed by atoms with E-state index in [2.05, 4.69) is 24.0 Å². The predicted octanol–water partition coefficient (Wildman–Crippen LogP) is 2.07. The summed E-state index contributed by atoms with van der Waals surface area (Å²) in [6.45, 7) is 5.24. The van der Waals surface area contributed by atoms with E-state index in [-0.39, 0.29) is 24.3 Å². The first-order valence-corrected chi connectivity index (χ1v) is 9.44. The van der Waals surface area contributed by atoms with E-state index in [9.17, 15) is 15.2 Å². The largest absolute Gasteiger partial charge is 0.507 e. The van der Waals surface area contributed by atoms with Crippen molar-refractivity contribution in [2.24, 2.45) is 0 Å². The number of fused-ring (bicyclic) bond motifs is 1. The van der Waals surface area contributed by atoms with E-state index >= 15 is 0 Å². The summed E-state index contributed by atoms with van der Waals surface area (Å²) in [5.41, 5.74) is 1.34. The second kappa shape index (κ2) is 7.99. The van der Waals surface area contributed by atoms with Crippen molar-refractivity contribution in [3.8, 4) is 28.7 Å². The molecule has 4 rings (SSSR count). The number of hydrogen-bond acceptors (Lipinski definition) is 8. The molecule has 156 valence electrons.